The summed E-state index contributed by atoms with van der Waals surface area (Å²) in [5, 5.41) is 9.98. The van der Waals surface area contributed by atoms with Crippen molar-refractivity contribution in [2.75, 3.05) is 26.7 Å². The van der Waals surface area contributed by atoms with Crippen molar-refractivity contribution in [3.8, 4) is 0 Å². The second-order valence-corrected chi connectivity index (χ2v) is 4.77. The van der Waals surface area contributed by atoms with Crippen LogP contribution in [0.15, 0.2) is 0 Å². The molecule has 0 amide bonds. The van der Waals surface area contributed by atoms with Gasteiger partial charge in [0.25, 0.3) is 0 Å². The molecule has 14 heavy (non-hydrogen) atoms. The van der Waals surface area contributed by atoms with Gasteiger partial charge < -0.3 is 14.7 Å². The second-order valence-electron chi connectivity index (χ2n) is 4.77. The molecule has 1 aliphatic heterocycles. The van der Waals surface area contributed by atoms with Crippen LogP contribution in [0, 0.1) is 5.92 Å². The first-order valence-corrected chi connectivity index (χ1v) is 5.74. The number of morpholine rings is 1. The summed E-state index contributed by atoms with van der Waals surface area (Å²) in [6, 6.07) is 0. The number of hydrogen-bond acceptors (Lipinski definition) is 3. The van der Waals surface area contributed by atoms with Crippen molar-refractivity contribution in [3.05, 3.63) is 0 Å². The molecule has 0 bridgehead atoms. The van der Waals surface area contributed by atoms with Crippen LogP contribution < -0.4 is 0 Å². The van der Waals surface area contributed by atoms with Crippen LogP contribution in [-0.2, 0) is 4.74 Å². The molecule has 2 rings (SSSR count). The van der Waals surface area contributed by atoms with Crippen LogP contribution >= 0.6 is 0 Å². The fraction of sp³-hybridized carbons (Fsp3) is 1.00. The first kappa shape index (κ1) is 10.4. The number of hydrogen-bond donors (Lipinski definition) is 1. The zero-order valence-electron chi connectivity index (χ0n) is 8.98. The third-order valence-corrected chi connectivity index (χ3v) is 3.53. The zero-order chi connectivity index (χ0) is 9.97. The number of aliphatic hydroxyl groups is 1. The molecular formula is C11H21NO2. The zero-order valence-corrected chi connectivity index (χ0v) is 8.98. The predicted molar refractivity (Wildman–Crippen MR) is 55.2 cm³/mol. The maximum atomic E-state index is 9.98. The van der Waals surface area contributed by atoms with E-state index < -0.39 is 0 Å². The smallest absolute Gasteiger partial charge is 0.0960 e. The lowest BCUT2D eigenvalue weighted by Crippen LogP contribution is -2.46. The average Bonchev–Trinajstić information content (AvgIpc) is 2.11. The number of ether oxygens (including phenoxy) is 1. The van der Waals surface area contributed by atoms with Gasteiger partial charge in [0.15, 0.2) is 0 Å². The van der Waals surface area contributed by atoms with Crippen molar-refractivity contribution in [2.45, 2.75) is 37.9 Å². The van der Waals surface area contributed by atoms with Crippen molar-refractivity contribution >= 4 is 0 Å². The lowest BCUT2D eigenvalue weighted by Gasteiger charge is -2.35. The fourth-order valence-corrected chi connectivity index (χ4v) is 2.27. The molecule has 0 aromatic carbocycles. The van der Waals surface area contributed by atoms with Crippen LogP contribution in [0.3, 0.4) is 0 Å². The van der Waals surface area contributed by atoms with E-state index in [4.69, 9.17) is 4.74 Å². The van der Waals surface area contributed by atoms with E-state index in [0.29, 0.717) is 0 Å². The molecule has 1 saturated heterocycles. The van der Waals surface area contributed by atoms with E-state index in [2.05, 4.69) is 11.9 Å². The molecule has 1 saturated carbocycles. The van der Waals surface area contributed by atoms with E-state index in [-0.39, 0.29) is 12.2 Å². The van der Waals surface area contributed by atoms with Gasteiger partial charge in [0.1, 0.15) is 0 Å². The predicted octanol–water partition coefficient (Wildman–Crippen LogP) is 0.868. The minimum absolute atomic E-state index is 0.0503. The van der Waals surface area contributed by atoms with E-state index in [1.807, 2.05) is 0 Å². The lowest BCUT2D eigenvalue weighted by atomic mass is 9.80. The quantitative estimate of drug-likeness (QED) is 0.732. The maximum absolute atomic E-state index is 9.98. The van der Waals surface area contributed by atoms with Gasteiger partial charge in [0.2, 0.25) is 0 Å². The third kappa shape index (κ3) is 2.47. The lowest BCUT2D eigenvalue weighted by molar-refractivity contribution is -0.0915. The summed E-state index contributed by atoms with van der Waals surface area (Å²) >= 11 is 0. The first-order valence-electron chi connectivity index (χ1n) is 5.74. The molecule has 2 atom stereocenters. The van der Waals surface area contributed by atoms with Crippen molar-refractivity contribution in [2.24, 2.45) is 5.92 Å². The Balaban J connectivity index is 1.74. The molecule has 0 radical (unpaired) electrons. The largest absolute Gasteiger partial charge is 0.390 e. The Morgan fingerprint density at radius 2 is 2.29 bits per heavy atom. The van der Waals surface area contributed by atoms with Gasteiger partial charge in [0.05, 0.1) is 18.8 Å². The number of likely N-dealkylation sites (N-methyl/N-ethyl adjacent to an activating group) is 1. The normalized spacial score (nSPS) is 32.6. The van der Waals surface area contributed by atoms with E-state index >= 15 is 0 Å². The molecule has 1 heterocycles. The van der Waals surface area contributed by atoms with Crippen molar-refractivity contribution in [1.82, 2.24) is 4.90 Å². The summed E-state index contributed by atoms with van der Waals surface area (Å²) in [5.74, 6) is 0.765. The average molecular weight is 199 g/mol. The second kappa shape index (κ2) is 4.60. The van der Waals surface area contributed by atoms with E-state index in [1.165, 1.54) is 19.3 Å². The Labute approximate surface area is 86.0 Å². The van der Waals surface area contributed by atoms with Crippen LogP contribution in [-0.4, -0.2) is 49.0 Å². The first-order chi connectivity index (χ1) is 6.75. The molecule has 3 heteroatoms. The summed E-state index contributed by atoms with van der Waals surface area (Å²) in [6.45, 7) is 2.64. The van der Waals surface area contributed by atoms with Crippen LogP contribution in [0.25, 0.3) is 0 Å². The van der Waals surface area contributed by atoms with Gasteiger partial charge in [-0.3, -0.25) is 0 Å². The molecule has 2 unspecified atom stereocenters. The third-order valence-electron chi connectivity index (χ3n) is 3.53. The van der Waals surface area contributed by atoms with Gasteiger partial charge in [-0.1, -0.05) is 19.3 Å². The Hall–Kier alpha value is -0.120. The number of nitrogens with zero attached hydrogens (tertiary/aromatic N) is 1. The summed E-state index contributed by atoms with van der Waals surface area (Å²) in [7, 11) is 2.09. The van der Waals surface area contributed by atoms with Crippen molar-refractivity contribution < 1.29 is 9.84 Å². The van der Waals surface area contributed by atoms with Crippen molar-refractivity contribution in [3.63, 3.8) is 0 Å². The standard InChI is InChI=1S/C11H21NO2/c1-12-5-6-14-11(8-12)10(13)7-9-3-2-4-9/h9-11,13H,2-8H2,1H3. The molecule has 0 aromatic rings. The highest BCUT2D eigenvalue weighted by atomic mass is 16.5. The molecule has 82 valence electrons. The Morgan fingerprint density at radius 1 is 1.50 bits per heavy atom. The van der Waals surface area contributed by atoms with Gasteiger partial charge in [0, 0.05) is 13.1 Å². The van der Waals surface area contributed by atoms with Crippen LogP contribution in [0.4, 0.5) is 0 Å². The van der Waals surface area contributed by atoms with Gasteiger partial charge >= 0.3 is 0 Å². The fourth-order valence-electron chi connectivity index (χ4n) is 2.27. The summed E-state index contributed by atoms with van der Waals surface area (Å²) in [6.07, 6.45) is 4.71. The highest BCUT2D eigenvalue weighted by Gasteiger charge is 2.29. The van der Waals surface area contributed by atoms with Gasteiger partial charge in [-0.2, -0.15) is 0 Å². The molecular weight excluding hydrogens is 178 g/mol. The molecule has 3 nitrogen and oxygen atoms in total. The molecule has 0 aromatic heterocycles. The van der Waals surface area contributed by atoms with Gasteiger partial charge in [-0.15, -0.1) is 0 Å². The Bertz CT molecular complexity index is 182. The molecule has 0 spiro atoms. The molecule has 1 N–H and O–H groups in total. The van der Waals surface area contributed by atoms with E-state index in [0.717, 1.165) is 32.0 Å². The van der Waals surface area contributed by atoms with Crippen molar-refractivity contribution in [1.29, 1.82) is 0 Å². The van der Waals surface area contributed by atoms with Gasteiger partial charge in [-0.25, -0.2) is 0 Å². The van der Waals surface area contributed by atoms with Gasteiger partial charge in [-0.05, 0) is 19.4 Å². The summed E-state index contributed by atoms with van der Waals surface area (Å²) < 4.78 is 5.59. The molecule has 2 fully saturated rings. The van der Waals surface area contributed by atoms with E-state index in [9.17, 15) is 5.11 Å². The Morgan fingerprint density at radius 3 is 2.86 bits per heavy atom. The highest BCUT2D eigenvalue weighted by Crippen LogP contribution is 2.31. The molecule has 2 aliphatic rings. The van der Waals surface area contributed by atoms with Crippen LogP contribution in [0.5, 0.6) is 0 Å². The SMILES string of the molecule is CN1CCOC(C(O)CC2CCC2)C1. The monoisotopic (exact) mass is 199 g/mol. The summed E-state index contributed by atoms with van der Waals surface area (Å²) in [5.41, 5.74) is 0. The topological polar surface area (TPSA) is 32.7 Å². The maximum Gasteiger partial charge on any atom is 0.0960 e. The van der Waals surface area contributed by atoms with E-state index in [1.54, 1.807) is 0 Å². The number of rotatable bonds is 3. The summed E-state index contributed by atoms with van der Waals surface area (Å²) in [4.78, 5) is 2.23. The van der Waals surface area contributed by atoms with Crippen LogP contribution in [0.2, 0.25) is 0 Å². The minimum atomic E-state index is -0.247. The number of aliphatic hydroxyl groups excluding tert-OH is 1. The minimum Gasteiger partial charge on any atom is -0.390 e. The Kier molecular flexibility index (Phi) is 3.42. The highest BCUT2D eigenvalue weighted by molar-refractivity contribution is 4.81. The van der Waals surface area contributed by atoms with Crippen LogP contribution in [0.1, 0.15) is 25.7 Å². The molecule has 1 aliphatic carbocycles.